The molecule has 0 aromatic heterocycles. The van der Waals surface area contributed by atoms with Gasteiger partial charge in [-0.2, -0.15) is 10.5 Å². The average molecular weight is 423 g/mol. The molecule has 0 unspecified atom stereocenters. The van der Waals surface area contributed by atoms with Crippen LogP contribution in [-0.4, -0.2) is 13.0 Å². The number of amides is 1. The van der Waals surface area contributed by atoms with E-state index >= 15 is 0 Å². The van der Waals surface area contributed by atoms with Crippen molar-refractivity contribution in [2.24, 2.45) is 0 Å². The first-order chi connectivity index (χ1) is 15.6. The Labute approximate surface area is 186 Å². The zero-order valence-corrected chi connectivity index (χ0v) is 17.5. The Morgan fingerprint density at radius 1 is 1.00 bits per heavy atom. The van der Waals surface area contributed by atoms with Gasteiger partial charge in [-0.3, -0.25) is 4.79 Å². The predicted molar refractivity (Wildman–Crippen MR) is 120 cm³/mol. The second kappa shape index (κ2) is 11.0. The maximum Gasteiger partial charge on any atom is 0.262 e. The first-order valence-electron chi connectivity index (χ1n) is 9.87. The van der Waals surface area contributed by atoms with Crippen molar-refractivity contribution >= 4 is 12.0 Å². The van der Waals surface area contributed by atoms with E-state index in [0.717, 1.165) is 11.1 Å². The Morgan fingerprint density at radius 2 is 1.75 bits per heavy atom. The van der Waals surface area contributed by atoms with E-state index in [9.17, 15) is 15.3 Å². The number of nitrogens with one attached hydrogen (secondary N) is 1. The third-order valence-electron chi connectivity index (χ3n) is 4.68. The van der Waals surface area contributed by atoms with Crippen LogP contribution in [0.25, 0.3) is 6.08 Å². The number of hydrogen-bond acceptors (Lipinski definition) is 5. The fourth-order valence-corrected chi connectivity index (χ4v) is 2.99. The van der Waals surface area contributed by atoms with Gasteiger partial charge in [-0.15, -0.1) is 0 Å². The van der Waals surface area contributed by atoms with Gasteiger partial charge in [0.25, 0.3) is 5.91 Å². The second-order valence-electron chi connectivity index (χ2n) is 6.81. The molecule has 0 aliphatic rings. The number of rotatable bonds is 8. The number of methoxy groups -OCH3 is 1. The van der Waals surface area contributed by atoms with E-state index in [4.69, 9.17) is 9.47 Å². The van der Waals surface area contributed by atoms with Crippen LogP contribution < -0.4 is 14.8 Å². The molecule has 0 heterocycles. The largest absolute Gasteiger partial charge is 0.493 e. The van der Waals surface area contributed by atoms with Crippen LogP contribution in [0.15, 0.2) is 78.4 Å². The molecule has 0 aliphatic carbocycles. The maximum absolute atomic E-state index is 12.4. The minimum absolute atomic E-state index is 0.0143. The highest BCUT2D eigenvalue weighted by Crippen LogP contribution is 2.30. The molecular formula is C26H21N3O3. The molecule has 0 radical (unpaired) electrons. The summed E-state index contributed by atoms with van der Waals surface area (Å²) < 4.78 is 11.2. The maximum atomic E-state index is 12.4. The number of benzene rings is 3. The van der Waals surface area contributed by atoms with Crippen molar-refractivity contribution in [1.82, 2.24) is 5.32 Å². The number of nitrogens with zero attached hydrogens (tertiary/aromatic N) is 2. The SMILES string of the molecule is COc1cc(/C=C(/C#N)C(=O)NCc2ccccc2)ccc1OCc1ccccc1C#N. The van der Waals surface area contributed by atoms with Crippen molar-refractivity contribution in [3.8, 4) is 23.6 Å². The van der Waals surface area contributed by atoms with Crippen LogP contribution in [0, 0.1) is 22.7 Å². The number of nitriles is 2. The normalized spacial score (nSPS) is 10.5. The molecule has 3 rings (SSSR count). The van der Waals surface area contributed by atoms with Crippen molar-refractivity contribution < 1.29 is 14.3 Å². The summed E-state index contributed by atoms with van der Waals surface area (Å²) >= 11 is 0. The van der Waals surface area contributed by atoms with Crippen LogP contribution in [0.4, 0.5) is 0 Å². The van der Waals surface area contributed by atoms with Crippen LogP contribution in [-0.2, 0) is 17.9 Å². The van der Waals surface area contributed by atoms with Crippen LogP contribution in [0.3, 0.4) is 0 Å². The Morgan fingerprint density at radius 3 is 2.47 bits per heavy atom. The smallest absolute Gasteiger partial charge is 0.262 e. The lowest BCUT2D eigenvalue weighted by Crippen LogP contribution is -2.23. The summed E-state index contributed by atoms with van der Waals surface area (Å²) in [6.45, 7) is 0.541. The number of carbonyl (C=O) groups excluding carboxylic acids is 1. The highest BCUT2D eigenvalue weighted by atomic mass is 16.5. The molecule has 158 valence electrons. The summed E-state index contributed by atoms with van der Waals surface area (Å²) in [7, 11) is 1.51. The third-order valence-corrected chi connectivity index (χ3v) is 4.68. The van der Waals surface area contributed by atoms with Gasteiger partial charge in [-0.25, -0.2) is 0 Å². The van der Waals surface area contributed by atoms with E-state index in [1.807, 2.05) is 48.5 Å². The van der Waals surface area contributed by atoms with E-state index in [1.54, 1.807) is 30.3 Å². The predicted octanol–water partition coefficient (Wildman–Crippen LogP) is 4.37. The summed E-state index contributed by atoms with van der Waals surface area (Å²) in [6.07, 6.45) is 1.50. The number of hydrogen-bond donors (Lipinski definition) is 1. The quantitative estimate of drug-likeness (QED) is 0.429. The van der Waals surface area contributed by atoms with Gasteiger partial charge in [0.1, 0.15) is 18.2 Å². The van der Waals surface area contributed by atoms with E-state index in [0.29, 0.717) is 29.2 Å². The van der Waals surface area contributed by atoms with Crippen molar-refractivity contribution in [1.29, 1.82) is 10.5 Å². The van der Waals surface area contributed by atoms with Gasteiger partial charge < -0.3 is 14.8 Å². The second-order valence-corrected chi connectivity index (χ2v) is 6.81. The molecule has 0 saturated carbocycles. The molecule has 1 amide bonds. The molecule has 0 bridgehead atoms. The molecule has 1 N–H and O–H groups in total. The van der Waals surface area contributed by atoms with Gasteiger partial charge in [-0.05, 0) is 35.4 Å². The fraction of sp³-hybridized carbons (Fsp3) is 0.115. The van der Waals surface area contributed by atoms with Gasteiger partial charge in [-0.1, -0.05) is 54.6 Å². The van der Waals surface area contributed by atoms with Gasteiger partial charge in [0.2, 0.25) is 0 Å². The summed E-state index contributed by atoms with van der Waals surface area (Å²) in [5.41, 5.74) is 2.87. The molecular weight excluding hydrogens is 402 g/mol. The average Bonchev–Trinajstić information content (AvgIpc) is 2.85. The lowest BCUT2D eigenvalue weighted by molar-refractivity contribution is -0.117. The molecule has 0 atom stereocenters. The Balaban J connectivity index is 1.72. The first kappa shape index (κ1) is 22.1. The number of carbonyl (C=O) groups is 1. The Bertz CT molecular complexity index is 1200. The van der Waals surface area contributed by atoms with E-state index in [-0.39, 0.29) is 12.2 Å². The van der Waals surface area contributed by atoms with E-state index in [2.05, 4.69) is 11.4 Å². The van der Waals surface area contributed by atoms with Crippen molar-refractivity contribution in [2.75, 3.05) is 7.11 Å². The lowest BCUT2D eigenvalue weighted by atomic mass is 10.1. The Kier molecular flexibility index (Phi) is 7.62. The van der Waals surface area contributed by atoms with Crippen molar-refractivity contribution in [2.45, 2.75) is 13.2 Å². The summed E-state index contributed by atoms with van der Waals surface area (Å²) in [4.78, 5) is 12.4. The minimum Gasteiger partial charge on any atom is -0.493 e. The summed E-state index contributed by atoms with van der Waals surface area (Å²) in [6, 6.07) is 25.9. The van der Waals surface area contributed by atoms with Crippen LogP contribution in [0.2, 0.25) is 0 Å². The van der Waals surface area contributed by atoms with Crippen LogP contribution in [0.1, 0.15) is 22.3 Å². The third kappa shape index (κ3) is 5.75. The highest BCUT2D eigenvalue weighted by molar-refractivity contribution is 6.01. The van der Waals surface area contributed by atoms with Crippen molar-refractivity contribution in [3.63, 3.8) is 0 Å². The first-order valence-corrected chi connectivity index (χ1v) is 9.87. The molecule has 32 heavy (non-hydrogen) atoms. The molecule has 6 heteroatoms. The summed E-state index contributed by atoms with van der Waals surface area (Å²) in [5, 5.41) is 21.4. The molecule has 0 aliphatic heterocycles. The van der Waals surface area contributed by atoms with E-state index in [1.165, 1.54) is 13.2 Å². The van der Waals surface area contributed by atoms with Crippen LogP contribution >= 0.6 is 0 Å². The summed E-state index contributed by atoms with van der Waals surface area (Å²) in [5.74, 6) is 0.489. The molecule has 0 spiro atoms. The topological polar surface area (TPSA) is 95.1 Å². The molecule has 0 fully saturated rings. The van der Waals surface area contributed by atoms with Gasteiger partial charge >= 0.3 is 0 Å². The standard InChI is InChI=1S/C26H21N3O3/c1-31-25-14-20(11-12-24(25)32-18-22-10-6-5-9-21(22)15-27)13-23(16-28)26(30)29-17-19-7-3-2-4-8-19/h2-14H,17-18H2,1H3,(H,29,30)/b23-13-. The monoisotopic (exact) mass is 423 g/mol. The zero-order valence-electron chi connectivity index (χ0n) is 17.5. The Hall–Kier alpha value is -4.55. The fourth-order valence-electron chi connectivity index (χ4n) is 2.99. The molecule has 6 nitrogen and oxygen atoms in total. The van der Waals surface area contributed by atoms with Crippen molar-refractivity contribution in [3.05, 3.63) is 101 Å². The molecule has 0 saturated heterocycles. The number of ether oxygens (including phenoxy) is 2. The minimum atomic E-state index is -0.455. The van der Waals surface area contributed by atoms with Gasteiger partial charge in [0, 0.05) is 12.1 Å². The lowest BCUT2D eigenvalue weighted by Gasteiger charge is -2.12. The van der Waals surface area contributed by atoms with Crippen LogP contribution in [0.5, 0.6) is 11.5 Å². The van der Waals surface area contributed by atoms with Gasteiger partial charge in [0.15, 0.2) is 11.5 Å². The highest BCUT2D eigenvalue weighted by Gasteiger charge is 2.11. The zero-order chi connectivity index (χ0) is 22.8. The molecule has 3 aromatic rings. The molecule has 3 aromatic carbocycles. The van der Waals surface area contributed by atoms with Gasteiger partial charge in [0.05, 0.1) is 18.7 Å². The van der Waals surface area contributed by atoms with E-state index < -0.39 is 5.91 Å².